The van der Waals surface area contributed by atoms with Crippen LogP contribution in [0.25, 0.3) is 6.08 Å². The zero-order chi connectivity index (χ0) is 23.1. The molecule has 0 saturated heterocycles. The molecule has 0 fully saturated rings. The van der Waals surface area contributed by atoms with E-state index in [-0.39, 0.29) is 5.91 Å². The van der Waals surface area contributed by atoms with Gasteiger partial charge in [0.05, 0.1) is 30.6 Å². The Morgan fingerprint density at radius 2 is 2.00 bits per heavy atom. The predicted molar refractivity (Wildman–Crippen MR) is 127 cm³/mol. The molecule has 0 spiro atoms. The van der Waals surface area contributed by atoms with Gasteiger partial charge in [0.25, 0.3) is 0 Å². The molecular weight excluding hydrogens is 426 g/mol. The number of rotatable bonds is 9. The van der Waals surface area contributed by atoms with Gasteiger partial charge in [-0.3, -0.25) is 9.48 Å². The number of hydrogen-bond donors (Lipinski definition) is 0. The zero-order valence-electron chi connectivity index (χ0n) is 18.8. The lowest BCUT2D eigenvalue weighted by molar-refractivity contribution is -0.125. The number of amides is 1. The largest absolute Gasteiger partial charge is 0.496 e. The van der Waals surface area contributed by atoms with Crippen molar-refractivity contribution in [3.05, 3.63) is 82.1 Å². The fraction of sp³-hybridized carbons (Fsp3) is 0.280. The van der Waals surface area contributed by atoms with Crippen LogP contribution in [0.1, 0.15) is 29.3 Å². The monoisotopic (exact) mass is 453 g/mol. The van der Waals surface area contributed by atoms with Crippen LogP contribution in [0.15, 0.2) is 54.7 Å². The summed E-state index contributed by atoms with van der Waals surface area (Å²) in [7, 11) is 3.37. The Balaban J connectivity index is 1.69. The van der Waals surface area contributed by atoms with E-state index in [0.717, 1.165) is 33.9 Å². The number of benzene rings is 2. The van der Waals surface area contributed by atoms with E-state index in [1.54, 1.807) is 42.1 Å². The summed E-state index contributed by atoms with van der Waals surface area (Å²) in [5.74, 6) is 1.44. The standard InChI is InChI=1S/C25H28ClN3O3/c1-5-29-22(21(26)15-27-29)16-28(3)25(30)13-11-19-10-12-24(31-4)20(14-19)17-32-23-9-7-6-8-18(23)2/h6-15H,5,16-17H2,1-4H3/b13-11+. The maximum absolute atomic E-state index is 12.6. The third-order valence-corrected chi connectivity index (χ3v) is 5.48. The van der Waals surface area contributed by atoms with Crippen molar-refractivity contribution in [3.63, 3.8) is 0 Å². The highest BCUT2D eigenvalue weighted by molar-refractivity contribution is 6.31. The lowest BCUT2D eigenvalue weighted by Crippen LogP contribution is -2.25. The number of likely N-dealkylation sites (N-methyl/N-ethyl adjacent to an activating group) is 1. The van der Waals surface area contributed by atoms with E-state index in [9.17, 15) is 4.79 Å². The summed E-state index contributed by atoms with van der Waals surface area (Å²) >= 11 is 6.21. The minimum Gasteiger partial charge on any atom is -0.496 e. The van der Waals surface area contributed by atoms with E-state index in [4.69, 9.17) is 21.1 Å². The minimum atomic E-state index is -0.126. The second-order valence-electron chi connectivity index (χ2n) is 7.41. The minimum absolute atomic E-state index is 0.126. The number of nitrogens with zero attached hydrogens (tertiary/aromatic N) is 3. The quantitative estimate of drug-likeness (QED) is 0.422. The van der Waals surface area contributed by atoms with Crippen LogP contribution in [0.4, 0.5) is 0 Å². The summed E-state index contributed by atoms with van der Waals surface area (Å²) in [5.41, 5.74) is 3.67. The number of para-hydroxylation sites is 1. The van der Waals surface area contributed by atoms with Gasteiger partial charge in [0.1, 0.15) is 18.1 Å². The van der Waals surface area contributed by atoms with Gasteiger partial charge in [0.2, 0.25) is 5.91 Å². The van der Waals surface area contributed by atoms with Crippen LogP contribution < -0.4 is 9.47 Å². The fourth-order valence-corrected chi connectivity index (χ4v) is 3.50. The van der Waals surface area contributed by atoms with Crippen LogP contribution in [-0.2, 0) is 24.5 Å². The second-order valence-corrected chi connectivity index (χ2v) is 7.82. The topological polar surface area (TPSA) is 56.6 Å². The van der Waals surface area contributed by atoms with Gasteiger partial charge < -0.3 is 14.4 Å². The average molecular weight is 454 g/mol. The summed E-state index contributed by atoms with van der Waals surface area (Å²) in [6.45, 7) is 5.43. The number of carbonyl (C=O) groups excluding carboxylic acids is 1. The van der Waals surface area contributed by atoms with Gasteiger partial charge in [-0.05, 0) is 49.2 Å². The van der Waals surface area contributed by atoms with Crippen LogP contribution >= 0.6 is 11.6 Å². The van der Waals surface area contributed by atoms with Crippen LogP contribution in [0.2, 0.25) is 5.02 Å². The third-order valence-electron chi connectivity index (χ3n) is 5.16. The molecular formula is C25H28ClN3O3. The molecule has 0 aliphatic rings. The molecule has 6 nitrogen and oxygen atoms in total. The molecule has 7 heteroatoms. The second kappa shape index (κ2) is 10.9. The Morgan fingerprint density at radius 3 is 2.72 bits per heavy atom. The first kappa shape index (κ1) is 23.4. The lowest BCUT2D eigenvalue weighted by Gasteiger charge is -2.16. The maximum Gasteiger partial charge on any atom is 0.246 e. The van der Waals surface area contributed by atoms with Crippen LogP contribution in [0.3, 0.4) is 0 Å². The first-order valence-corrected chi connectivity index (χ1v) is 10.8. The molecule has 0 unspecified atom stereocenters. The van der Waals surface area contributed by atoms with Gasteiger partial charge in [-0.1, -0.05) is 35.9 Å². The van der Waals surface area contributed by atoms with Gasteiger partial charge in [-0.15, -0.1) is 0 Å². The van der Waals surface area contributed by atoms with Crippen molar-refractivity contribution in [3.8, 4) is 11.5 Å². The Kier molecular flexibility index (Phi) is 7.95. The predicted octanol–water partition coefficient (Wildman–Crippen LogP) is 5.12. The van der Waals surface area contributed by atoms with E-state index in [1.165, 1.54) is 0 Å². The Hall–Kier alpha value is -3.25. The molecule has 2 aromatic carbocycles. The normalized spacial score (nSPS) is 11.0. The molecule has 0 radical (unpaired) electrons. The molecule has 0 aliphatic carbocycles. The number of methoxy groups -OCH3 is 1. The summed E-state index contributed by atoms with van der Waals surface area (Å²) in [5, 5.41) is 4.78. The molecule has 168 valence electrons. The highest BCUT2D eigenvalue weighted by atomic mass is 35.5. The van der Waals surface area contributed by atoms with Gasteiger partial charge in [-0.25, -0.2) is 0 Å². The number of carbonyl (C=O) groups is 1. The number of halogens is 1. The number of ether oxygens (including phenoxy) is 2. The average Bonchev–Trinajstić information content (AvgIpc) is 3.16. The van der Waals surface area contributed by atoms with Crippen LogP contribution in [0.5, 0.6) is 11.5 Å². The van der Waals surface area contributed by atoms with Gasteiger partial charge in [-0.2, -0.15) is 5.10 Å². The molecule has 0 N–H and O–H groups in total. The molecule has 0 atom stereocenters. The Morgan fingerprint density at radius 1 is 1.22 bits per heavy atom. The van der Waals surface area contributed by atoms with E-state index in [1.807, 2.05) is 56.3 Å². The third kappa shape index (κ3) is 5.71. The Labute approximate surface area is 194 Å². The fourth-order valence-electron chi connectivity index (χ4n) is 3.30. The van der Waals surface area contributed by atoms with Gasteiger partial charge >= 0.3 is 0 Å². The van der Waals surface area contributed by atoms with Crippen LogP contribution in [0, 0.1) is 6.92 Å². The number of aryl methyl sites for hydroxylation is 2. The summed E-state index contributed by atoms with van der Waals surface area (Å²) in [6, 6.07) is 13.6. The van der Waals surface area contributed by atoms with E-state index < -0.39 is 0 Å². The summed E-state index contributed by atoms with van der Waals surface area (Å²) in [4.78, 5) is 14.2. The smallest absolute Gasteiger partial charge is 0.246 e. The molecule has 3 rings (SSSR count). The van der Waals surface area contributed by atoms with Crippen molar-refractivity contribution in [2.45, 2.75) is 33.5 Å². The van der Waals surface area contributed by atoms with E-state index in [0.29, 0.717) is 24.7 Å². The number of aromatic nitrogens is 2. The first-order chi connectivity index (χ1) is 15.4. The lowest BCUT2D eigenvalue weighted by atomic mass is 10.1. The van der Waals surface area contributed by atoms with E-state index in [2.05, 4.69) is 5.10 Å². The molecule has 1 heterocycles. The van der Waals surface area contributed by atoms with Crippen molar-refractivity contribution >= 4 is 23.6 Å². The zero-order valence-corrected chi connectivity index (χ0v) is 19.6. The van der Waals surface area contributed by atoms with Gasteiger partial charge in [0, 0.05) is 25.2 Å². The first-order valence-electron chi connectivity index (χ1n) is 10.4. The summed E-state index contributed by atoms with van der Waals surface area (Å²) < 4.78 is 13.2. The van der Waals surface area contributed by atoms with Crippen molar-refractivity contribution in [2.75, 3.05) is 14.2 Å². The Bertz CT molecular complexity index is 1110. The molecule has 32 heavy (non-hydrogen) atoms. The van der Waals surface area contributed by atoms with Gasteiger partial charge in [0.15, 0.2) is 0 Å². The SMILES string of the molecule is CCn1ncc(Cl)c1CN(C)C(=O)/C=C/c1ccc(OC)c(COc2ccccc2C)c1. The molecule has 3 aromatic rings. The highest BCUT2D eigenvalue weighted by Crippen LogP contribution is 2.24. The van der Waals surface area contributed by atoms with E-state index >= 15 is 0 Å². The van der Waals surface area contributed by atoms with Crippen molar-refractivity contribution < 1.29 is 14.3 Å². The molecule has 1 aromatic heterocycles. The molecule has 0 aliphatic heterocycles. The highest BCUT2D eigenvalue weighted by Gasteiger charge is 2.13. The molecule has 0 bridgehead atoms. The van der Waals surface area contributed by atoms with Crippen molar-refractivity contribution in [1.29, 1.82) is 0 Å². The molecule has 0 saturated carbocycles. The number of hydrogen-bond acceptors (Lipinski definition) is 4. The van der Waals surface area contributed by atoms with Crippen molar-refractivity contribution in [2.24, 2.45) is 0 Å². The van der Waals surface area contributed by atoms with Crippen molar-refractivity contribution in [1.82, 2.24) is 14.7 Å². The maximum atomic E-state index is 12.6. The summed E-state index contributed by atoms with van der Waals surface area (Å²) in [6.07, 6.45) is 4.94. The molecule has 1 amide bonds. The van der Waals surface area contributed by atoms with Crippen LogP contribution in [-0.4, -0.2) is 34.7 Å².